The Morgan fingerprint density at radius 1 is 1.38 bits per heavy atom. The van der Waals surface area contributed by atoms with E-state index in [4.69, 9.17) is 11.3 Å². The summed E-state index contributed by atoms with van der Waals surface area (Å²) in [5, 5.41) is 12.5. The first kappa shape index (κ1) is 23.5. The summed E-state index contributed by atoms with van der Waals surface area (Å²) in [5.41, 5.74) is 0.782. The van der Waals surface area contributed by atoms with Crippen LogP contribution in [0.15, 0.2) is 28.7 Å². The second-order valence-corrected chi connectivity index (χ2v) is 9.34. The smallest absolute Gasteiger partial charge is 0.407 e. The van der Waals surface area contributed by atoms with Crippen LogP contribution in [0, 0.1) is 23.7 Å². The SMILES string of the molecule is [C-]#[N+]c1ccc(-c2nc(N3CCC(NC(=O)OC(C)(C)C)CC3)c(C#N)cc2Br)cc1F. The second-order valence-electron chi connectivity index (χ2n) is 8.49. The molecule has 9 heteroatoms. The van der Waals surface area contributed by atoms with Gasteiger partial charge in [-0.25, -0.2) is 19.0 Å². The molecule has 1 fully saturated rings. The number of carbonyl (C=O) groups excluding carboxylic acids is 1. The van der Waals surface area contributed by atoms with E-state index in [0.717, 1.165) is 0 Å². The number of piperidine rings is 1. The first-order valence-electron chi connectivity index (χ1n) is 10.1. The summed E-state index contributed by atoms with van der Waals surface area (Å²) in [4.78, 5) is 21.8. The molecule has 1 aliphatic rings. The molecule has 3 rings (SSSR count). The summed E-state index contributed by atoms with van der Waals surface area (Å²) < 4.78 is 20.0. The zero-order valence-corrected chi connectivity index (χ0v) is 19.7. The summed E-state index contributed by atoms with van der Waals surface area (Å²) >= 11 is 3.43. The molecule has 0 atom stereocenters. The molecule has 1 N–H and O–H groups in total. The topological polar surface area (TPSA) is 82.6 Å². The van der Waals surface area contributed by atoms with Crippen LogP contribution in [0.5, 0.6) is 0 Å². The molecule has 0 spiro atoms. The number of nitrogens with zero attached hydrogens (tertiary/aromatic N) is 4. The van der Waals surface area contributed by atoms with E-state index in [2.05, 4.69) is 37.1 Å². The Labute approximate surface area is 195 Å². The predicted octanol–water partition coefficient (Wildman–Crippen LogP) is 5.57. The maximum Gasteiger partial charge on any atom is 0.407 e. The molecule has 1 saturated heterocycles. The van der Waals surface area contributed by atoms with Crippen LogP contribution in [0.4, 0.5) is 20.7 Å². The number of anilines is 1. The van der Waals surface area contributed by atoms with Crippen molar-refractivity contribution in [1.82, 2.24) is 10.3 Å². The molecule has 0 bridgehead atoms. The highest BCUT2D eigenvalue weighted by atomic mass is 79.9. The number of ether oxygens (including phenoxy) is 1. The standard InChI is InChI=1S/C23H23BrFN5O2/c1-23(2,3)32-22(31)28-16-7-9-30(10-8-16)21-15(13-26)11-17(24)20(29-21)14-5-6-19(27-4)18(25)12-14/h5-6,11-12,16H,7-10H2,1-3H3,(H,28,31). The molecule has 1 aliphatic heterocycles. The van der Waals surface area contributed by atoms with E-state index in [9.17, 15) is 14.4 Å². The number of alkyl carbamates (subject to hydrolysis) is 1. The van der Waals surface area contributed by atoms with Crippen molar-refractivity contribution in [2.75, 3.05) is 18.0 Å². The monoisotopic (exact) mass is 499 g/mol. The average Bonchev–Trinajstić information content (AvgIpc) is 2.72. The Hall–Kier alpha value is -3.17. The fraction of sp³-hybridized carbons (Fsp3) is 0.391. The lowest BCUT2D eigenvalue weighted by Gasteiger charge is -2.34. The number of carbonyl (C=O) groups is 1. The van der Waals surface area contributed by atoms with Crippen LogP contribution in [-0.4, -0.2) is 35.8 Å². The van der Waals surface area contributed by atoms with Crippen LogP contribution in [-0.2, 0) is 4.74 Å². The minimum atomic E-state index is -0.619. The fourth-order valence-corrected chi connectivity index (χ4v) is 4.01. The van der Waals surface area contributed by atoms with Crippen molar-refractivity contribution in [3.8, 4) is 17.3 Å². The maximum absolute atomic E-state index is 14.2. The number of hydrogen-bond donors (Lipinski definition) is 1. The largest absolute Gasteiger partial charge is 0.444 e. The summed E-state index contributed by atoms with van der Waals surface area (Å²) in [6, 6.07) is 8.13. The third kappa shape index (κ3) is 5.54. The van der Waals surface area contributed by atoms with E-state index < -0.39 is 17.5 Å². The predicted molar refractivity (Wildman–Crippen MR) is 123 cm³/mol. The van der Waals surface area contributed by atoms with Gasteiger partial charge in [0.25, 0.3) is 0 Å². The number of benzene rings is 1. The van der Waals surface area contributed by atoms with Gasteiger partial charge in [-0.2, -0.15) is 5.26 Å². The summed E-state index contributed by atoms with van der Waals surface area (Å²) in [5.74, 6) is -0.109. The summed E-state index contributed by atoms with van der Waals surface area (Å²) in [7, 11) is 0. The van der Waals surface area contributed by atoms with Gasteiger partial charge in [-0.15, -0.1) is 0 Å². The van der Waals surface area contributed by atoms with Crippen LogP contribution >= 0.6 is 15.9 Å². The number of nitriles is 1. The molecule has 2 heterocycles. The van der Waals surface area contributed by atoms with Gasteiger partial charge in [0.1, 0.15) is 23.3 Å². The van der Waals surface area contributed by atoms with Crippen LogP contribution < -0.4 is 10.2 Å². The van der Waals surface area contributed by atoms with Crippen molar-refractivity contribution in [2.45, 2.75) is 45.3 Å². The quantitative estimate of drug-likeness (QED) is 0.558. The van der Waals surface area contributed by atoms with Gasteiger partial charge in [-0.1, -0.05) is 12.1 Å². The molecule has 166 valence electrons. The molecule has 2 aromatic rings. The van der Waals surface area contributed by atoms with Gasteiger partial charge in [-0.3, -0.25) is 0 Å². The number of pyridine rings is 1. The Morgan fingerprint density at radius 2 is 2.06 bits per heavy atom. The van der Waals surface area contributed by atoms with Gasteiger partial charge in [0.15, 0.2) is 0 Å². The van der Waals surface area contributed by atoms with Gasteiger partial charge in [0, 0.05) is 29.2 Å². The normalized spacial score (nSPS) is 14.4. The van der Waals surface area contributed by atoms with Gasteiger partial charge >= 0.3 is 6.09 Å². The van der Waals surface area contributed by atoms with Crippen molar-refractivity contribution in [3.05, 3.63) is 51.5 Å². The molecule has 0 saturated carbocycles. The Morgan fingerprint density at radius 3 is 2.62 bits per heavy atom. The third-order valence-electron chi connectivity index (χ3n) is 4.93. The van der Waals surface area contributed by atoms with Crippen LogP contribution in [0.25, 0.3) is 16.1 Å². The lowest BCUT2D eigenvalue weighted by Crippen LogP contribution is -2.46. The minimum Gasteiger partial charge on any atom is -0.444 e. The van der Waals surface area contributed by atoms with E-state index >= 15 is 0 Å². The van der Waals surface area contributed by atoms with Crippen molar-refractivity contribution in [1.29, 1.82) is 5.26 Å². The molecular weight excluding hydrogens is 477 g/mol. The summed E-state index contributed by atoms with van der Waals surface area (Å²) in [6.45, 7) is 13.6. The van der Waals surface area contributed by atoms with E-state index in [1.165, 1.54) is 12.1 Å². The number of halogens is 2. The fourth-order valence-electron chi connectivity index (χ4n) is 3.46. The van der Waals surface area contributed by atoms with E-state index in [1.807, 2.05) is 25.7 Å². The highest BCUT2D eigenvalue weighted by Crippen LogP contribution is 2.34. The number of nitrogens with one attached hydrogen (secondary N) is 1. The molecule has 1 aromatic carbocycles. The molecule has 7 nitrogen and oxygen atoms in total. The van der Waals surface area contributed by atoms with Gasteiger partial charge in [0.05, 0.1) is 17.8 Å². The summed E-state index contributed by atoms with van der Waals surface area (Å²) in [6.07, 6.45) is 0.902. The molecule has 1 amide bonds. The van der Waals surface area contributed by atoms with E-state index in [-0.39, 0.29) is 11.7 Å². The number of hydrogen-bond acceptors (Lipinski definition) is 5. The molecular formula is C23H23BrFN5O2. The van der Waals surface area contributed by atoms with Crippen molar-refractivity contribution >= 4 is 33.5 Å². The highest BCUT2D eigenvalue weighted by molar-refractivity contribution is 9.10. The van der Waals surface area contributed by atoms with Crippen LogP contribution in [0.3, 0.4) is 0 Å². The van der Waals surface area contributed by atoms with Crippen molar-refractivity contribution in [3.63, 3.8) is 0 Å². The highest BCUT2D eigenvalue weighted by Gasteiger charge is 2.26. The Balaban J connectivity index is 1.79. The van der Waals surface area contributed by atoms with Gasteiger partial charge in [-0.05, 0) is 61.7 Å². The Kier molecular flexibility index (Phi) is 7.00. The van der Waals surface area contributed by atoms with Crippen molar-refractivity contribution in [2.24, 2.45) is 0 Å². The number of rotatable bonds is 3. The number of aromatic nitrogens is 1. The molecule has 32 heavy (non-hydrogen) atoms. The average molecular weight is 500 g/mol. The first-order chi connectivity index (χ1) is 15.1. The zero-order valence-electron chi connectivity index (χ0n) is 18.1. The minimum absolute atomic E-state index is 0.0307. The van der Waals surface area contributed by atoms with E-state index in [1.54, 1.807) is 12.1 Å². The Bertz CT molecular complexity index is 1110. The van der Waals surface area contributed by atoms with Crippen LogP contribution in [0.1, 0.15) is 39.2 Å². The molecule has 0 unspecified atom stereocenters. The number of amides is 1. The molecule has 0 radical (unpaired) electrons. The molecule has 1 aromatic heterocycles. The van der Waals surface area contributed by atoms with Crippen LogP contribution in [0.2, 0.25) is 0 Å². The molecule has 0 aliphatic carbocycles. The van der Waals surface area contributed by atoms with E-state index in [0.29, 0.717) is 53.0 Å². The van der Waals surface area contributed by atoms with Gasteiger partial charge < -0.3 is 15.0 Å². The van der Waals surface area contributed by atoms with Gasteiger partial charge in [0.2, 0.25) is 5.69 Å². The third-order valence-corrected chi connectivity index (χ3v) is 5.54. The lowest BCUT2D eigenvalue weighted by molar-refractivity contribution is 0.0497. The van der Waals surface area contributed by atoms with Crippen molar-refractivity contribution < 1.29 is 13.9 Å². The zero-order chi connectivity index (χ0) is 23.5. The second kappa shape index (κ2) is 9.54. The maximum atomic E-state index is 14.2. The first-order valence-corrected chi connectivity index (χ1v) is 10.9. The lowest BCUT2D eigenvalue weighted by atomic mass is 10.0.